The first-order valence-corrected chi connectivity index (χ1v) is 10.2. The van der Waals surface area contributed by atoms with E-state index in [-0.39, 0.29) is 23.8 Å². The van der Waals surface area contributed by atoms with Gasteiger partial charge in [-0.15, -0.1) is 0 Å². The minimum atomic E-state index is -0.189. The number of carbonyl (C=O) groups excluding carboxylic acids is 2. The highest BCUT2D eigenvalue weighted by Crippen LogP contribution is 2.24. The van der Waals surface area contributed by atoms with Gasteiger partial charge in [0.05, 0.1) is 6.04 Å². The summed E-state index contributed by atoms with van der Waals surface area (Å²) in [6.07, 6.45) is 6.51. The van der Waals surface area contributed by atoms with Gasteiger partial charge in [0.15, 0.2) is 0 Å². The molecule has 3 N–H and O–H groups in total. The lowest BCUT2D eigenvalue weighted by atomic mass is 9.96. The Bertz CT molecular complexity index is 630. The van der Waals surface area contributed by atoms with Crippen molar-refractivity contribution in [2.45, 2.75) is 51.5 Å². The molecule has 2 heterocycles. The molecular weight excluding hydrogens is 340 g/mol. The van der Waals surface area contributed by atoms with E-state index in [9.17, 15) is 9.59 Å². The number of piperidine rings is 1. The first kappa shape index (κ1) is 19.7. The minimum Gasteiger partial charge on any atom is -0.371 e. The molecule has 3 rings (SSSR count). The molecule has 2 amide bonds. The van der Waals surface area contributed by atoms with E-state index in [1.54, 1.807) is 0 Å². The average molecular weight is 373 g/mol. The van der Waals surface area contributed by atoms with Crippen LogP contribution in [0.5, 0.6) is 0 Å². The average Bonchev–Trinajstić information content (AvgIpc) is 2.97. The topological polar surface area (TPSA) is 78.7 Å². The smallest absolute Gasteiger partial charge is 0.241 e. The van der Waals surface area contributed by atoms with Gasteiger partial charge in [0.2, 0.25) is 11.8 Å². The molecule has 2 aliphatic heterocycles. The van der Waals surface area contributed by atoms with Crippen LogP contribution >= 0.6 is 0 Å². The van der Waals surface area contributed by atoms with E-state index in [1.165, 1.54) is 25.7 Å². The molecule has 1 atom stereocenters. The summed E-state index contributed by atoms with van der Waals surface area (Å²) in [5, 5.41) is 3.05. The molecule has 0 aromatic heterocycles. The predicted molar refractivity (Wildman–Crippen MR) is 109 cm³/mol. The molecule has 1 unspecified atom stereocenters. The Hall–Kier alpha value is -2.08. The van der Waals surface area contributed by atoms with E-state index >= 15 is 0 Å². The maximum absolute atomic E-state index is 12.6. The number of nitrogens with two attached hydrogens (primary N) is 1. The molecule has 0 spiro atoms. The highest BCUT2D eigenvalue weighted by molar-refractivity contribution is 5.94. The van der Waals surface area contributed by atoms with E-state index in [1.807, 2.05) is 31.2 Å². The largest absolute Gasteiger partial charge is 0.371 e. The molecule has 0 aliphatic carbocycles. The number of likely N-dealkylation sites (tertiary alicyclic amines) is 1. The molecule has 148 valence electrons. The summed E-state index contributed by atoms with van der Waals surface area (Å²) in [7, 11) is 0. The Morgan fingerprint density at radius 2 is 1.59 bits per heavy atom. The van der Waals surface area contributed by atoms with Gasteiger partial charge in [-0.2, -0.15) is 0 Å². The summed E-state index contributed by atoms with van der Waals surface area (Å²) < 4.78 is 0. The van der Waals surface area contributed by atoms with Crippen LogP contribution in [-0.2, 0) is 9.59 Å². The number of hydrogen-bond acceptors (Lipinski definition) is 4. The summed E-state index contributed by atoms with van der Waals surface area (Å²) >= 11 is 0. The van der Waals surface area contributed by atoms with E-state index in [2.05, 4.69) is 15.1 Å². The van der Waals surface area contributed by atoms with E-state index in [0.717, 1.165) is 50.4 Å². The van der Waals surface area contributed by atoms with Gasteiger partial charge in [0, 0.05) is 30.4 Å². The highest BCUT2D eigenvalue weighted by Gasteiger charge is 2.24. The zero-order valence-corrected chi connectivity index (χ0v) is 16.3. The van der Waals surface area contributed by atoms with Gasteiger partial charge in [-0.3, -0.25) is 14.5 Å². The number of nitrogens with zero attached hydrogens (tertiary/aromatic N) is 2. The number of nitrogens with one attached hydrogen (secondary N) is 1. The second kappa shape index (κ2) is 9.22. The van der Waals surface area contributed by atoms with Gasteiger partial charge in [-0.1, -0.05) is 12.8 Å². The van der Waals surface area contributed by atoms with Crippen LogP contribution in [0.2, 0.25) is 0 Å². The monoisotopic (exact) mass is 372 g/mol. The van der Waals surface area contributed by atoms with Crippen LogP contribution in [0.25, 0.3) is 0 Å². The summed E-state index contributed by atoms with van der Waals surface area (Å²) in [4.78, 5) is 28.5. The molecule has 0 saturated carbocycles. The van der Waals surface area contributed by atoms with Gasteiger partial charge in [-0.25, -0.2) is 0 Å². The first-order valence-electron chi connectivity index (χ1n) is 10.2. The first-order chi connectivity index (χ1) is 13.0. The second-order valence-electron chi connectivity index (χ2n) is 7.83. The summed E-state index contributed by atoms with van der Waals surface area (Å²) in [5.74, 6) is -0.126. The molecule has 2 aliphatic rings. The number of hydrogen-bond donors (Lipinski definition) is 2. The second-order valence-corrected chi connectivity index (χ2v) is 7.83. The van der Waals surface area contributed by atoms with Gasteiger partial charge >= 0.3 is 0 Å². The molecule has 1 aromatic carbocycles. The molecule has 6 nitrogen and oxygen atoms in total. The molecule has 2 saturated heterocycles. The Morgan fingerprint density at radius 3 is 2.15 bits per heavy atom. The van der Waals surface area contributed by atoms with E-state index in [4.69, 9.17) is 5.73 Å². The maximum atomic E-state index is 12.6. The number of anilines is 2. The van der Waals surface area contributed by atoms with Crippen molar-refractivity contribution in [1.82, 2.24) is 4.90 Å². The van der Waals surface area contributed by atoms with Crippen molar-refractivity contribution in [2.75, 3.05) is 36.4 Å². The fourth-order valence-corrected chi connectivity index (χ4v) is 4.07. The minimum absolute atomic E-state index is 0.000265. The summed E-state index contributed by atoms with van der Waals surface area (Å²) in [6, 6.07) is 7.90. The van der Waals surface area contributed by atoms with Crippen LogP contribution < -0.4 is 16.0 Å². The maximum Gasteiger partial charge on any atom is 0.241 e. The quantitative estimate of drug-likeness (QED) is 0.833. The van der Waals surface area contributed by atoms with Gasteiger partial charge in [0.25, 0.3) is 0 Å². The van der Waals surface area contributed by atoms with E-state index < -0.39 is 0 Å². The normalized spacial score (nSPS) is 20.7. The lowest BCUT2D eigenvalue weighted by molar-refractivity contribution is -0.122. The number of primary amides is 1. The third-order valence-electron chi connectivity index (χ3n) is 5.97. The van der Waals surface area contributed by atoms with Crippen molar-refractivity contribution in [3.63, 3.8) is 0 Å². The van der Waals surface area contributed by atoms with Crippen LogP contribution in [0.15, 0.2) is 24.3 Å². The molecule has 6 heteroatoms. The zero-order chi connectivity index (χ0) is 19.2. The molecular formula is C21H32N4O2. The Labute approximate surface area is 162 Å². The Morgan fingerprint density at radius 1 is 1.00 bits per heavy atom. The van der Waals surface area contributed by atoms with Crippen LogP contribution in [0.1, 0.15) is 45.4 Å². The molecule has 2 fully saturated rings. The van der Waals surface area contributed by atoms with Crippen molar-refractivity contribution in [2.24, 2.45) is 11.7 Å². The number of benzene rings is 1. The Kier molecular flexibility index (Phi) is 6.72. The zero-order valence-electron chi connectivity index (χ0n) is 16.3. The summed E-state index contributed by atoms with van der Waals surface area (Å²) in [5.41, 5.74) is 7.36. The van der Waals surface area contributed by atoms with Crippen LogP contribution in [-0.4, -0.2) is 48.9 Å². The number of rotatable bonds is 5. The van der Waals surface area contributed by atoms with Crippen molar-refractivity contribution < 1.29 is 9.59 Å². The third-order valence-corrected chi connectivity index (χ3v) is 5.97. The van der Waals surface area contributed by atoms with Gasteiger partial charge in [-0.05, 0) is 70.0 Å². The SMILES string of the molecule is CC(C(=O)Nc1ccc(N2CCC(C(N)=O)CC2)cc1)N1CCCCCC1. The number of amides is 2. The number of carbonyl (C=O) groups is 2. The van der Waals surface area contributed by atoms with Crippen molar-refractivity contribution >= 4 is 23.2 Å². The van der Waals surface area contributed by atoms with Gasteiger partial charge in [0.1, 0.15) is 0 Å². The Balaban J connectivity index is 1.52. The standard InChI is InChI=1S/C21H32N4O2/c1-16(24-12-4-2-3-5-13-24)21(27)23-18-6-8-19(9-7-18)25-14-10-17(11-15-25)20(22)26/h6-9,16-17H,2-5,10-15H2,1H3,(H2,22,26)(H,23,27). The van der Waals surface area contributed by atoms with Crippen LogP contribution in [0.3, 0.4) is 0 Å². The molecule has 0 radical (unpaired) electrons. The van der Waals surface area contributed by atoms with Crippen molar-refractivity contribution in [3.8, 4) is 0 Å². The lowest BCUT2D eigenvalue weighted by Gasteiger charge is -2.32. The van der Waals surface area contributed by atoms with Crippen LogP contribution in [0.4, 0.5) is 11.4 Å². The summed E-state index contributed by atoms with van der Waals surface area (Å²) in [6.45, 7) is 5.69. The highest BCUT2D eigenvalue weighted by atomic mass is 16.2. The molecule has 1 aromatic rings. The molecule has 0 bridgehead atoms. The fourth-order valence-electron chi connectivity index (χ4n) is 4.07. The van der Waals surface area contributed by atoms with Gasteiger partial charge < -0.3 is 16.0 Å². The van der Waals surface area contributed by atoms with Crippen LogP contribution in [0, 0.1) is 5.92 Å². The fraction of sp³-hybridized carbons (Fsp3) is 0.619. The van der Waals surface area contributed by atoms with Crippen molar-refractivity contribution in [3.05, 3.63) is 24.3 Å². The third kappa shape index (κ3) is 5.22. The lowest BCUT2D eigenvalue weighted by Crippen LogP contribution is -2.42. The molecule has 27 heavy (non-hydrogen) atoms. The predicted octanol–water partition coefficient (Wildman–Crippen LogP) is 2.59. The van der Waals surface area contributed by atoms with E-state index in [0.29, 0.717) is 0 Å². The van der Waals surface area contributed by atoms with Crippen molar-refractivity contribution in [1.29, 1.82) is 0 Å².